The molecule has 17 heavy (non-hydrogen) atoms. The summed E-state index contributed by atoms with van der Waals surface area (Å²) in [6.45, 7) is 6.74. The van der Waals surface area contributed by atoms with E-state index in [0.29, 0.717) is 17.0 Å². The van der Waals surface area contributed by atoms with Gasteiger partial charge in [0.05, 0.1) is 0 Å². The van der Waals surface area contributed by atoms with E-state index in [2.05, 4.69) is 13.8 Å². The number of benzene rings is 1. The third-order valence-electron chi connectivity index (χ3n) is 2.81. The Bertz CT molecular complexity index is 401. The lowest BCUT2D eigenvalue weighted by atomic mass is 10.1. The van der Waals surface area contributed by atoms with E-state index in [4.69, 9.17) is 0 Å². The summed E-state index contributed by atoms with van der Waals surface area (Å²) >= 11 is 0. The molecular weight excluding hydrogens is 217 g/mol. The molecule has 0 bridgehead atoms. The first-order valence-corrected chi connectivity index (χ1v) is 5.93. The Morgan fingerprint density at radius 2 is 2.06 bits per heavy atom. The largest absolute Gasteiger partial charge is 0.342 e. The summed E-state index contributed by atoms with van der Waals surface area (Å²) in [4.78, 5) is 13.8. The van der Waals surface area contributed by atoms with E-state index in [-0.39, 0.29) is 11.7 Å². The Balaban J connectivity index is 2.75. The number of carbonyl (C=O) groups is 1. The average Bonchev–Trinajstić information content (AvgIpc) is 2.25. The highest BCUT2D eigenvalue weighted by Crippen LogP contribution is 2.13. The SMILES string of the molecule is Cc1cc(F)ccc1C(=O)N(C)CCC(C)C. The maximum atomic E-state index is 12.9. The van der Waals surface area contributed by atoms with Crippen LogP contribution in [0, 0.1) is 18.7 Å². The molecule has 0 saturated heterocycles. The minimum Gasteiger partial charge on any atom is -0.342 e. The summed E-state index contributed by atoms with van der Waals surface area (Å²) < 4.78 is 12.9. The summed E-state index contributed by atoms with van der Waals surface area (Å²) in [6.07, 6.45) is 0.975. The second-order valence-corrected chi connectivity index (χ2v) is 4.87. The number of rotatable bonds is 4. The fourth-order valence-electron chi connectivity index (χ4n) is 1.63. The van der Waals surface area contributed by atoms with Gasteiger partial charge in [0.2, 0.25) is 0 Å². The van der Waals surface area contributed by atoms with Gasteiger partial charge in [0.15, 0.2) is 0 Å². The van der Waals surface area contributed by atoms with E-state index in [1.165, 1.54) is 12.1 Å². The molecular formula is C14H20FNO. The molecule has 0 aliphatic carbocycles. The zero-order valence-corrected chi connectivity index (χ0v) is 11.0. The van der Waals surface area contributed by atoms with Gasteiger partial charge in [-0.1, -0.05) is 13.8 Å². The van der Waals surface area contributed by atoms with E-state index >= 15 is 0 Å². The van der Waals surface area contributed by atoms with Crippen molar-refractivity contribution in [3.63, 3.8) is 0 Å². The lowest BCUT2D eigenvalue weighted by molar-refractivity contribution is 0.0788. The number of nitrogens with zero attached hydrogens (tertiary/aromatic N) is 1. The van der Waals surface area contributed by atoms with E-state index in [1.54, 1.807) is 24.9 Å². The number of aryl methyl sites for hydroxylation is 1. The molecule has 3 heteroatoms. The van der Waals surface area contributed by atoms with Crippen LogP contribution in [-0.4, -0.2) is 24.4 Å². The number of amides is 1. The minimum atomic E-state index is -0.302. The van der Waals surface area contributed by atoms with Crippen LogP contribution >= 0.6 is 0 Å². The molecule has 0 spiro atoms. The van der Waals surface area contributed by atoms with Crippen LogP contribution in [0.5, 0.6) is 0 Å². The summed E-state index contributed by atoms with van der Waals surface area (Å²) in [5.41, 5.74) is 1.27. The molecule has 94 valence electrons. The van der Waals surface area contributed by atoms with E-state index < -0.39 is 0 Å². The average molecular weight is 237 g/mol. The van der Waals surface area contributed by atoms with Crippen LogP contribution < -0.4 is 0 Å². The van der Waals surface area contributed by atoms with Crippen LogP contribution in [0.25, 0.3) is 0 Å². The molecule has 0 saturated carbocycles. The number of hydrogen-bond donors (Lipinski definition) is 0. The van der Waals surface area contributed by atoms with Crippen LogP contribution in [0.15, 0.2) is 18.2 Å². The maximum Gasteiger partial charge on any atom is 0.253 e. The summed E-state index contributed by atoms with van der Waals surface area (Å²) in [5.74, 6) is 0.228. The Kier molecular flexibility index (Phi) is 4.67. The van der Waals surface area contributed by atoms with Gasteiger partial charge in [0, 0.05) is 19.2 Å². The maximum absolute atomic E-state index is 12.9. The summed E-state index contributed by atoms with van der Waals surface area (Å²) in [7, 11) is 1.79. The number of carbonyl (C=O) groups excluding carboxylic acids is 1. The quantitative estimate of drug-likeness (QED) is 0.787. The predicted octanol–water partition coefficient (Wildman–Crippen LogP) is 3.25. The number of hydrogen-bond acceptors (Lipinski definition) is 1. The molecule has 0 atom stereocenters. The van der Waals surface area contributed by atoms with Crippen molar-refractivity contribution < 1.29 is 9.18 Å². The Hall–Kier alpha value is -1.38. The first-order valence-electron chi connectivity index (χ1n) is 5.93. The van der Waals surface area contributed by atoms with Gasteiger partial charge in [-0.15, -0.1) is 0 Å². The fourth-order valence-corrected chi connectivity index (χ4v) is 1.63. The zero-order valence-electron chi connectivity index (χ0n) is 11.0. The second-order valence-electron chi connectivity index (χ2n) is 4.87. The van der Waals surface area contributed by atoms with E-state index in [1.807, 2.05) is 0 Å². The minimum absolute atomic E-state index is 0.0387. The van der Waals surface area contributed by atoms with Gasteiger partial charge in [-0.25, -0.2) is 4.39 Å². The van der Waals surface area contributed by atoms with E-state index in [0.717, 1.165) is 13.0 Å². The normalized spacial score (nSPS) is 10.7. The standard InChI is InChI=1S/C14H20FNO/c1-10(2)7-8-16(4)14(17)13-6-5-12(15)9-11(13)3/h5-6,9-10H,7-8H2,1-4H3. The van der Waals surface area contributed by atoms with Crippen LogP contribution in [0.1, 0.15) is 36.2 Å². The van der Waals surface area contributed by atoms with Gasteiger partial charge in [0.25, 0.3) is 5.91 Å². The zero-order chi connectivity index (χ0) is 13.0. The second kappa shape index (κ2) is 5.80. The topological polar surface area (TPSA) is 20.3 Å². The fraction of sp³-hybridized carbons (Fsp3) is 0.500. The molecule has 0 aliphatic heterocycles. The summed E-state index contributed by atoms with van der Waals surface area (Å²) in [6, 6.07) is 4.28. The Morgan fingerprint density at radius 1 is 1.41 bits per heavy atom. The molecule has 0 aliphatic rings. The van der Waals surface area contributed by atoms with Gasteiger partial charge in [-0.3, -0.25) is 4.79 Å². The smallest absolute Gasteiger partial charge is 0.253 e. The lowest BCUT2D eigenvalue weighted by Gasteiger charge is -2.19. The molecule has 1 rings (SSSR count). The monoisotopic (exact) mass is 237 g/mol. The van der Waals surface area contributed by atoms with Crippen LogP contribution in [0.4, 0.5) is 4.39 Å². The van der Waals surface area contributed by atoms with Gasteiger partial charge >= 0.3 is 0 Å². The van der Waals surface area contributed by atoms with Crippen LogP contribution in [0.2, 0.25) is 0 Å². The molecule has 1 aromatic carbocycles. The van der Waals surface area contributed by atoms with Crippen molar-refractivity contribution in [1.29, 1.82) is 0 Å². The van der Waals surface area contributed by atoms with Gasteiger partial charge in [-0.2, -0.15) is 0 Å². The van der Waals surface area contributed by atoms with Crippen molar-refractivity contribution in [2.45, 2.75) is 27.2 Å². The van der Waals surface area contributed by atoms with Crippen molar-refractivity contribution in [2.24, 2.45) is 5.92 Å². The first-order chi connectivity index (χ1) is 7.91. The molecule has 0 unspecified atom stereocenters. The lowest BCUT2D eigenvalue weighted by Crippen LogP contribution is -2.29. The third kappa shape index (κ3) is 3.84. The molecule has 1 amide bonds. The highest BCUT2D eigenvalue weighted by Gasteiger charge is 2.14. The van der Waals surface area contributed by atoms with Crippen molar-refractivity contribution in [1.82, 2.24) is 4.90 Å². The van der Waals surface area contributed by atoms with Crippen molar-refractivity contribution in [3.05, 3.63) is 35.1 Å². The molecule has 0 N–H and O–H groups in total. The van der Waals surface area contributed by atoms with Crippen molar-refractivity contribution >= 4 is 5.91 Å². The Labute approximate surface area is 102 Å². The number of halogens is 1. The van der Waals surface area contributed by atoms with Crippen LogP contribution in [-0.2, 0) is 0 Å². The summed E-state index contributed by atoms with van der Waals surface area (Å²) in [5, 5.41) is 0. The molecule has 0 heterocycles. The highest BCUT2D eigenvalue weighted by atomic mass is 19.1. The van der Waals surface area contributed by atoms with Crippen molar-refractivity contribution in [2.75, 3.05) is 13.6 Å². The van der Waals surface area contributed by atoms with Crippen LogP contribution in [0.3, 0.4) is 0 Å². The van der Waals surface area contributed by atoms with Gasteiger partial charge in [-0.05, 0) is 43.0 Å². The highest BCUT2D eigenvalue weighted by molar-refractivity contribution is 5.95. The first kappa shape index (κ1) is 13.7. The van der Waals surface area contributed by atoms with Crippen molar-refractivity contribution in [3.8, 4) is 0 Å². The predicted molar refractivity (Wildman–Crippen MR) is 67.6 cm³/mol. The third-order valence-corrected chi connectivity index (χ3v) is 2.81. The molecule has 0 radical (unpaired) electrons. The van der Waals surface area contributed by atoms with Gasteiger partial charge < -0.3 is 4.90 Å². The molecule has 0 aromatic heterocycles. The Morgan fingerprint density at radius 3 is 2.59 bits per heavy atom. The molecule has 0 fully saturated rings. The molecule has 2 nitrogen and oxygen atoms in total. The molecule has 1 aromatic rings. The van der Waals surface area contributed by atoms with E-state index in [9.17, 15) is 9.18 Å². The van der Waals surface area contributed by atoms with Gasteiger partial charge in [0.1, 0.15) is 5.82 Å².